The third-order valence-electron chi connectivity index (χ3n) is 7.78. The summed E-state index contributed by atoms with van der Waals surface area (Å²) in [6.45, 7) is 14.2. The fourth-order valence-corrected chi connectivity index (χ4v) is 7.75. The lowest BCUT2D eigenvalue weighted by molar-refractivity contribution is -0.696. The average Bonchev–Trinajstić information content (AvgIpc) is 2.73. The molecule has 0 saturated carbocycles. The number of benzene rings is 3. The monoisotopic (exact) mass is 424 g/mol. The second-order valence-electron chi connectivity index (χ2n) is 11.0. The fourth-order valence-electron chi connectivity index (χ4n) is 6.15. The van der Waals surface area contributed by atoms with E-state index in [1.54, 1.807) is 0 Å². The minimum Gasteiger partial charge on any atom is -0.381 e. The molecule has 0 radical (unpaired) electrons. The van der Waals surface area contributed by atoms with Crippen LogP contribution in [0.3, 0.4) is 0 Å². The Morgan fingerprint density at radius 2 is 1.68 bits per heavy atom. The van der Waals surface area contributed by atoms with Crippen LogP contribution in [0.4, 0.5) is 0 Å². The van der Waals surface area contributed by atoms with Crippen LogP contribution in [-0.4, -0.2) is 13.2 Å². The maximum absolute atomic E-state index is 11.5. The Hall–Kier alpha value is -2.49. The van der Waals surface area contributed by atoms with E-state index in [0.29, 0.717) is 0 Å². The molecule has 4 aromatic rings. The number of aliphatic hydroxyl groups excluding tert-OH is 1. The lowest BCUT2D eigenvalue weighted by Gasteiger charge is -2.38. The Kier molecular flexibility index (Phi) is 3.62. The van der Waals surface area contributed by atoms with Crippen molar-refractivity contribution in [1.82, 2.24) is 0 Å². The second kappa shape index (κ2) is 5.84. The number of fused-ring (bicyclic) bond motifs is 2. The number of hydrogen-bond acceptors (Lipinski definition) is 1. The molecule has 1 aliphatic carbocycles. The summed E-state index contributed by atoms with van der Waals surface area (Å²) in [5, 5.41) is 16.9. The summed E-state index contributed by atoms with van der Waals surface area (Å²) in [5.74, 6) is 0. The highest BCUT2D eigenvalue weighted by Gasteiger charge is 2.47. The first-order chi connectivity index (χ1) is 14.6. The van der Waals surface area contributed by atoms with Gasteiger partial charge in [0.25, 0.3) is 0 Å². The first-order valence-electron chi connectivity index (χ1n) is 11.4. The van der Waals surface area contributed by atoms with E-state index in [2.05, 4.69) is 99.6 Å². The molecule has 3 aromatic carbocycles. The number of hydrogen-bond donors (Lipinski definition) is 1. The van der Waals surface area contributed by atoms with E-state index >= 15 is 0 Å². The van der Waals surface area contributed by atoms with Crippen molar-refractivity contribution in [3.8, 4) is 11.3 Å². The molecule has 1 aromatic heterocycles. The molecular weight excluding hydrogens is 394 g/mol. The summed E-state index contributed by atoms with van der Waals surface area (Å²) in [6, 6.07) is 20.3. The van der Waals surface area contributed by atoms with Gasteiger partial charge in [-0.05, 0) is 22.2 Å². The molecule has 0 amide bonds. The van der Waals surface area contributed by atoms with Crippen LogP contribution in [0.1, 0.15) is 49.6 Å². The van der Waals surface area contributed by atoms with Crippen molar-refractivity contribution in [2.24, 2.45) is 0 Å². The van der Waals surface area contributed by atoms with Crippen molar-refractivity contribution in [2.45, 2.75) is 58.0 Å². The normalized spacial score (nSPS) is 21.0. The maximum atomic E-state index is 11.5. The summed E-state index contributed by atoms with van der Waals surface area (Å²) >= 11 is 0. The topological polar surface area (TPSA) is 24.1 Å². The predicted octanol–water partition coefficient (Wildman–Crippen LogP) is 5.74. The van der Waals surface area contributed by atoms with E-state index in [1.165, 1.54) is 49.2 Å². The van der Waals surface area contributed by atoms with Crippen LogP contribution in [0.15, 0.2) is 54.6 Å². The smallest absolute Gasteiger partial charge is 0.218 e. The molecule has 156 valence electrons. The standard InChI is InChI=1S/C28H30NOSi/c1-16-27(30)18-14-13-17-9-7-10-20-24(17)25(18)26-21(28(20,2)3)15-19-22(29(16)26)11-8-12-23(19)31(4,5)6/h7-16,27,30H,1-6H3/q+1. The highest BCUT2D eigenvalue weighted by Crippen LogP contribution is 2.52. The lowest BCUT2D eigenvalue weighted by Crippen LogP contribution is -2.51. The largest absolute Gasteiger partial charge is 0.381 e. The molecule has 1 N–H and O–H groups in total. The van der Waals surface area contributed by atoms with E-state index in [-0.39, 0.29) is 11.5 Å². The molecule has 6 rings (SSSR count). The summed E-state index contributed by atoms with van der Waals surface area (Å²) in [4.78, 5) is 0. The van der Waals surface area contributed by atoms with Crippen molar-refractivity contribution >= 4 is 34.9 Å². The van der Waals surface area contributed by atoms with Gasteiger partial charge in [-0.3, -0.25) is 0 Å². The molecule has 0 spiro atoms. The van der Waals surface area contributed by atoms with Crippen molar-refractivity contribution in [3.63, 3.8) is 0 Å². The van der Waals surface area contributed by atoms with Gasteiger partial charge in [0.15, 0.2) is 6.04 Å². The highest BCUT2D eigenvalue weighted by atomic mass is 28.3. The van der Waals surface area contributed by atoms with E-state index in [1.807, 2.05) is 0 Å². The quantitative estimate of drug-likeness (QED) is 0.306. The van der Waals surface area contributed by atoms with E-state index < -0.39 is 14.2 Å². The number of pyridine rings is 1. The average molecular weight is 425 g/mol. The van der Waals surface area contributed by atoms with Gasteiger partial charge < -0.3 is 5.11 Å². The van der Waals surface area contributed by atoms with E-state index in [9.17, 15) is 5.11 Å². The minimum absolute atomic E-state index is 0.0136. The minimum atomic E-state index is -1.55. The molecule has 31 heavy (non-hydrogen) atoms. The van der Waals surface area contributed by atoms with Gasteiger partial charge in [0, 0.05) is 40.3 Å². The molecular formula is C28H30NOSi+. The SMILES string of the molecule is CC1C(O)c2ccc3cccc4c3c2-c2c(cc3c([Si](C)(C)C)cccc3[n+]21)C4(C)C. The molecule has 2 nitrogen and oxygen atoms in total. The molecule has 2 unspecified atom stereocenters. The molecule has 1 aliphatic heterocycles. The van der Waals surface area contributed by atoms with Crippen LogP contribution >= 0.6 is 0 Å². The van der Waals surface area contributed by atoms with Crippen LogP contribution in [0.25, 0.3) is 32.9 Å². The van der Waals surface area contributed by atoms with Gasteiger partial charge in [0.1, 0.15) is 6.10 Å². The van der Waals surface area contributed by atoms with Crippen LogP contribution in [0, 0.1) is 0 Å². The van der Waals surface area contributed by atoms with E-state index in [4.69, 9.17) is 0 Å². The Balaban J connectivity index is 1.91. The third kappa shape index (κ3) is 2.28. The maximum Gasteiger partial charge on any atom is 0.218 e. The summed E-state index contributed by atoms with van der Waals surface area (Å²) in [5.41, 5.74) is 7.53. The van der Waals surface area contributed by atoms with Crippen molar-refractivity contribution in [1.29, 1.82) is 0 Å². The molecule has 0 fully saturated rings. The van der Waals surface area contributed by atoms with Crippen LogP contribution < -0.4 is 9.75 Å². The second-order valence-corrected chi connectivity index (χ2v) is 16.0. The van der Waals surface area contributed by atoms with Crippen molar-refractivity contribution in [3.05, 3.63) is 71.3 Å². The zero-order valence-corrected chi connectivity index (χ0v) is 20.2. The molecule has 2 heterocycles. The fraction of sp³-hybridized carbons (Fsp3) is 0.321. The van der Waals surface area contributed by atoms with Crippen molar-refractivity contribution < 1.29 is 9.67 Å². The molecule has 0 saturated heterocycles. The van der Waals surface area contributed by atoms with Crippen LogP contribution in [0.5, 0.6) is 0 Å². The first kappa shape index (κ1) is 19.2. The van der Waals surface area contributed by atoms with Crippen molar-refractivity contribution in [2.75, 3.05) is 0 Å². The number of rotatable bonds is 1. The van der Waals surface area contributed by atoms with Gasteiger partial charge in [-0.15, -0.1) is 0 Å². The Labute approximate surface area is 185 Å². The number of aliphatic hydroxyl groups is 1. The number of nitrogens with zero attached hydrogens (tertiary/aromatic N) is 1. The highest BCUT2D eigenvalue weighted by molar-refractivity contribution is 6.90. The zero-order valence-electron chi connectivity index (χ0n) is 19.2. The molecule has 0 bridgehead atoms. The summed E-state index contributed by atoms with van der Waals surface area (Å²) < 4.78 is 2.46. The molecule has 3 heteroatoms. The van der Waals surface area contributed by atoms with Gasteiger partial charge in [-0.1, -0.05) is 76.0 Å². The van der Waals surface area contributed by atoms with Gasteiger partial charge >= 0.3 is 0 Å². The summed E-state index contributed by atoms with van der Waals surface area (Å²) in [6.07, 6.45) is -0.514. The Morgan fingerprint density at radius 1 is 0.935 bits per heavy atom. The van der Waals surface area contributed by atoms with Gasteiger partial charge in [-0.25, -0.2) is 0 Å². The number of aromatic nitrogens is 1. The summed E-state index contributed by atoms with van der Waals surface area (Å²) in [7, 11) is -1.55. The van der Waals surface area contributed by atoms with E-state index in [0.717, 1.165) is 5.56 Å². The first-order valence-corrected chi connectivity index (χ1v) is 14.9. The lowest BCUT2D eigenvalue weighted by atomic mass is 9.67. The zero-order chi connectivity index (χ0) is 21.9. The predicted molar refractivity (Wildman–Crippen MR) is 132 cm³/mol. The van der Waals surface area contributed by atoms with Crippen LogP contribution in [0.2, 0.25) is 19.6 Å². The molecule has 2 atom stereocenters. The van der Waals surface area contributed by atoms with Gasteiger partial charge in [0.2, 0.25) is 11.2 Å². The van der Waals surface area contributed by atoms with Gasteiger partial charge in [0.05, 0.1) is 13.6 Å². The molecule has 2 aliphatic rings. The van der Waals surface area contributed by atoms with Crippen LogP contribution in [-0.2, 0) is 5.41 Å². The van der Waals surface area contributed by atoms with Gasteiger partial charge in [-0.2, -0.15) is 4.57 Å². The Morgan fingerprint density at radius 3 is 2.42 bits per heavy atom. The Bertz CT molecular complexity index is 1430. The third-order valence-corrected chi connectivity index (χ3v) is 9.83.